The van der Waals surface area contributed by atoms with E-state index < -0.39 is 5.97 Å². The number of aryl methyl sites for hydroxylation is 1. The van der Waals surface area contributed by atoms with Gasteiger partial charge in [0, 0.05) is 10.4 Å². The molecule has 8 heteroatoms. The fourth-order valence-electron chi connectivity index (χ4n) is 2.01. The second-order valence-electron chi connectivity index (χ2n) is 4.49. The summed E-state index contributed by atoms with van der Waals surface area (Å²) in [5, 5.41) is 21.2. The zero-order valence-corrected chi connectivity index (χ0v) is 12.7. The van der Waals surface area contributed by atoms with E-state index in [9.17, 15) is 9.90 Å². The monoisotopic (exact) mass is 316 g/mol. The van der Waals surface area contributed by atoms with Gasteiger partial charge in [-0.25, -0.2) is 4.79 Å². The first kappa shape index (κ1) is 14.2. The summed E-state index contributed by atoms with van der Waals surface area (Å²) in [6, 6.07) is 8.96. The second kappa shape index (κ2) is 5.57. The van der Waals surface area contributed by atoms with Crippen LogP contribution in [0.25, 0.3) is 21.8 Å². The summed E-state index contributed by atoms with van der Waals surface area (Å²) < 4.78 is 5.14. The lowest BCUT2D eigenvalue weighted by Gasteiger charge is -2.03. The van der Waals surface area contributed by atoms with Crippen LogP contribution in [0.1, 0.15) is 9.67 Å². The molecule has 7 nitrogen and oxygen atoms in total. The molecule has 0 saturated heterocycles. The summed E-state index contributed by atoms with van der Waals surface area (Å²) >= 11 is 1.18. The minimum atomic E-state index is -0.977. The predicted octanol–water partition coefficient (Wildman–Crippen LogP) is 2.31. The third-order valence-electron chi connectivity index (χ3n) is 3.04. The Morgan fingerprint density at radius 3 is 2.59 bits per heavy atom. The molecule has 3 rings (SSSR count). The van der Waals surface area contributed by atoms with Crippen molar-refractivity contribution in [3.05, 3.63) is 35.2 Å². The molecular weight excluding hydrogens is 304 g/mol. The molecule has 0 aliphatic rings. The summed E-state index contributed by atoms with van der Waals surface area (Å²) in [5.74, 6) is 0.157. The van der Waals surface area contributed by atoms with Crippen molar-refractivity contribution >= 4 is 17.3 Å². The van der Waals surface area contributed by atoms with E-state index >= 15 is 0 Å². The molecule has 0 bridgehead atoms. The molecular formula is C14H12N4O3S. The molecule has 1 aromatic carbocycles. The number of aromatic carboxylic acids is 1. The Kier molecular flexibility index (Phi) is 3.60. The van der Waals surface area contributed by atoms with Crippen molar-refractivity contribution in [2.45, 2.75) is 0 Å². The van der Waals surface area contributed by atoms with Crippen LogP contribution >= 0.6 is 11.3 Å². The third kappa shape index (κ3) is 2.56. The Morgan fingerprint density at radius 1 is 1.32 bits per heavy atom. The number of methoxy groups -OCH3 is 1. The fourth-order valence-corrected chi connectivity index (χ4v) is 3.01. The van der Waals surface area contributed by atoms with E-state index in [1.807, 2.05) is 24.3 Å². The highest BCUT2D eigenvalue weighted by atomic mass is 32.1. The molecule has 112 valence electrons. The Morgan fingerprint density at radius 2 is 2.05 bits per heavy atom. The number of aromatic nitrogens is 4. The van der Waals surface area contributed by atoms with Crippen molar-refractivity contribution in [2.75, 3.05) is 7.11 Å². The Hall–Kier alpha value is -2.74. The lowest BCUT2D eigenvalue weighted by atomic mass is 10.1. The number of tetrazole rings is 1. The van der Waals surface area contributed by atoms with Crippen LogP contribution in [-0.4, -0.2) is 38.4 Å². The van der Waals surface area contributed by atoms with Crippen LogP contribution in [0.15, 0.2) is 30.3 Å². The molecule has 0 saturated carbocycles. The number of benzene rings is 1. The number of nitrogens with zero attached hydrogens (tertiary/aromatic N) is 4. The number of hydrogen-bond donors (Lipinski definition) is 1. The molecule has 1 N–H and O–H groups in total. The molecule has 0 fully saturated rings. The first-order valence-electron chi connectivity index (χ1n) is 6.34. The third-order valence-corrected chi connectivity index (χ3v) is 4.22. The largest absolute Gasteiger partial charge is 0.497 e. The second-order valence-corrected chi connectivity index (χ2v) is 5.54. The Balaban J connectivity index is 2.14. The minimum Gasteiger partial charge on any atom is -0.497 e. The van der Waals surface area contributed by atoms with Crippen molar-refractivity contribution in [1.82, 2.24) is 20.2 Å². The van der Waals surface area contributed by atoms with Gasteiger partial charge in [0.05, 0.1) is 14.2 Å². The maximum atomic E-state index is 11.3. The highest BCUT2D eigenvalue weighted by molar-refractivity contribution is 7.18. The maximum absolute atomic E-state index is 11.3. The first-order valence-corrected chi connectivity index (χ1v) is 7.16. The summed E-state index contributed by atoms with van der Waals surface area (Å²) in [5.41, 5.74) is 1.53. The van der Waals surface area contributed by atoms with Gasteiger partial charge in [-0.2, -0.15) is 4.80 Å². The van der Waals surface area contributed by atoms with Gasteiger partial charge in [-0.05, 0) is 41.1 Å². The summed E-state index contributed by atoms with van der Waals surface area (Å²) in [4.78, 5) is 13.6. The molecule has 3 aromatic rings. The SMILES string of the molecule is COc1ccc(-c2sc(C(=O)O)cc2-c2nnn(C)n2)cc1. The van der Waals surface area contributed by atoms with Crippen molar-refractivity contribution in [1.29, 1.82) is 0 Å². The van der Waals surface area contributed by atoms with Crippen molar-refractivity contribution in [2.24, 2.45) is 7.05 Å². The van der Waals surface area contributed by atoms with Gasteiger partial charge in [0.2, 0.25) is 5.82 Å². The average Bonchev–Trinajstić information content (AvgIpc) is 3.13. The fraction of sp³-hybridized carbons (Fsp3) is 0.143. The lowest BCUT2D eigenvalue weighted by Crippen LogP contribution is -1.92. The molecule has 22 heavy (non-hydrogen) atoms. The van der Waals surface area contributed by atoms with Crippen LogP contribution < -0.4 is 4.74 Å². The van der Waals surface area contributed by atoms with E-state index in [1.165, 1.54) is 16.1 Å². The van der Waals surface area contributed by atoms with Gasteiger partial charge in [-0.15, -0.1) is 21.5 Å². The molecule has 0 aliphatic heterocycles. The average molecular weight is 316 g/mol. The zero-order valence-electron chi connectivity index (χ0n) is 11.8. The van der Waals surface area contributed by atoms with E-state index in [4.69, 9.17) is 4.74 Å². The molecule has 0 radical (unpaired) electrons. The molecule has 0 aliphatic carbocycles. The number of carboxylic acid groups (broad SMARTS) is 1. The predicted molar refractivity (Wildman–Crippen MR) is 81.1 cm³/mol. The maximum Gasteiger partial charge on any atom is 0.345 e. The summed E-state index contributed by atoms with van der Waals surface area (Å²) in [6.07, 6.45) is 0. The van der Waals surface area contributed by atoms with Gasteiger partial charge in [0.25, 0.3) is 0 Å². The highest BCUT2D eigenvalue weighted by Crippen LogP contribution is 2.38. The summed E-state index contributed by atoms with van der Waals surface area (Å²) in [7, 11) is 3.26. The van der Waals surface area contributed by atoms with Gasteiger partial charge in [0.15, 0.2) is 0 Å². The van der Waals surface area contributed by atoms with Crippen LogP contribution in [0.5, 0.6) is 5.75 Å². The summed E-state index contributed by atoms with van der Waals surface area (Å²) in [6.45, 7) is 0. The highest BCUT2D eigenvalue weighted by Gasteiger charge is 2.19. The van der Waals surface area contributed by atoms with Gasteiger partial charge >= 0.3 is 5.97 Å². The Bertz CT molecular complexity index is 823. The number of hydrogen-bond acceptors (Lipinski definition) is 6. The van der Waals surface area contributed by atoms with Crippen molar-refractivity contribution in [3.63, 3.8) is 0 Å². The van der Waals surface area contributed by atoms with E-state index in [2.05, 4.69) is 15.4 Å². The number of thiophene rings is 1. The Labute approximate surface area is 129 Å². The van der Waals surface area contributed by atoms with Gasteiger partial charge in [-0.3, -0.25) is 0 Å². The minimum absolute atomic E-state index is 0.230. The van der Waals surface area contributed by atoms with Crippen LogP contribution in [0.2, 0.25) is 0 Å². The molecule has 0 amide bonds. The van der Waals surface area contributed by atoms with E-state index in [0.717, 1.165) is 16.2 Å². The quantitative estimate of drug-likeness (QED) is 0.794. The molecule has 2 aromatic heterocycles. The van der Waals surface area contributed by atoms with Crippen LogP contribution in [-0.2, 0) is 7.05 Å². The number of ether oxygens (including phenoxy) is 1. The van der Waals surface area contributed by atoms with Crippen molar-refractivity contribution in [3.8, 4) is 27.6 Å². The normalized spacial score (nSPS) is 10.6. The molecule has 0 unspecified atom stereocenters. The van der Waals surface area contributed by atoms with Gasteiger partial charge < -0.3 is 9.84 Å². The number of carbonyl (C=O) groups is 1. The lowest BCUT2D eigenvalue weighted by molar-refractivity contribution is 0.0702. The van der Waals surface area contributed by atoms with Gasteiger partial charge in [0.1, 0.15) is 10.6 Å². The molecule has 2 heterocycles. The zero-order chi connectivity index (χ0) is 15.7. The first-order chi connectivity index (χ1) is 10.6. The molecule has 0 spiro atoms. The van der Waals surface area contributed by atoms with E-state index in [-0.39, 0.29) is 4.88 Å². The van der Waals surface area contributed by atoms with Crippen LogP contribution in [0.3, 0.4) is 0 Å². The van der Waals surface area contributed by atoms with Crippen molar-refractivity contribution < 1.29 is 14.6 Å². The number of rotatable bonds is 4. The van der Waals surface area contributed by atoms with E-state index in [0.29, 0.717) is 11.4 Å². The van der Waals surface area contributed by atoms with Crippen LogP contribution in [0, 0.1) is 0 Å². The standard InChI is InChI=1S/C14H12N4O3S/c1-18-16-13(15-17-18)10-7-11(14(19)20)22-12(10)8-3-5-9(21-2)6-4-8/h3-7H,1-2H3,(H,19,20). The topological polar surface area (TPSA) is 90.1 Å². The van der Waals surface area contributed by atoms with Gasteiger partial charge in [-0.1, -0.05) is 0 Å². The smallest absolute Gasteiger partial charge is 0.345 e. The molecule has 0 atom stereocenters. The van der Waals surface area contributed by atoms with Crippen LogP contribution in [0.4, 0.5) is 0 Å². The number of carboxylic acids is 1. The van der Waals surface area contributed by atoms with E-state index in [1.54, 1.807) is 20.2 Å².